The van der Waals surface area contributed by atoms with Crippen LogP contribution in [0.25, 0.3) is 11.3 Å². The van der Waals surface area contributed by atoms with E-state index in [0.717, 1.165) is 0 Å². The van der Waals surface area contributed by atoms with Gasteiger partial charge in [0.05, 0.1) is 21.3 Å². The predicted molar refractivity (Wildman–Crippen MR) is 117 cm³/mol. The molecule has 2 N–H and O–H groups in total. The Balaban J connectivity index is 1.81. The van der Waals surface area contributed by atoms with Crippen molar-refractivity contribution in [3.05, 3.63) is 82.0 Å². The average Bonchev–Trinajstić information content (AvgIpc) is 2.69. The van der Waals surface area contributed by atoms with Gasteiger partial charge in [-0.2, -0.15) is 0 Å². The van der Waals surface area contributed by atoms with Crippen LogP contribution in [-0.2, 0) is 0 Å². The summed E-state index contributed by atoms with van der Waals surface area (Å²) in [5.74, 6) is -0.633. The maximum atomic E-state index is 12.7. The van der Waals surface area contributed by atoms with E-state index < -0.39 is 0 Å². The molecule has 0 aliphatic carbocycles. The number of carbonyl (C=O) groups excluding carboxylic acids is 2. The molecule has 0 aliphatic rings. The minimum absolute atomic E-state index is 0.00227. The van der Waals surface area contributed by atoms with Crippen molar-refractivity contribution in [1.29, 1.82) is 0 Å². The first-order valence-electron chi connectivity index (χ1n) is 8.98. The molecule has 2 amide bonds. The summed E-state index contributed by atoms with van der Waals surface area (Å²) in [6.07, 6.45) is 1.67. The molecular weight excluding hydrogens is 409 g/mol. The monoisotopic (exact) mass is 427 g/mol. The van der Waals surface area contributed by atoms with Crippen LogP contribution in [0.4, 0.5) is 5.69 Å². The number of aromatic nitrogens is 1. The lowest BCUT2D eigenvalue weighted by Gasteiger charge is -2.12. The summed E-state index contributed by atoms with van der Waals surface area (Å²) in [5, 5.41) is 6.31. The first kappa shape index (κ1) is 20.8. The fraction of sp³-hybridized carbons (Fsp3) is 0.136. The van der Waals surface area contributed by atoms with Gasteiger partial charge < -0.3 is 10.6 Å². The first-order chi connectivity index (χ1) is 13.8. The fourth-order valence-corrected chi connectivity index (χ4v) is 3.19. The normalized spacial score (nSPS) is 10.7. The van der Waals surface area contributed by atoms with Crippen LogP contribution < -0.4 is 10.6 Å². The molecule has 0 saturated heterocycles. The number of anilines is 1. The summed E-state index contributed by atoms with van der Waals surface area (Å²) in [7, 11) is 0. The predicted octanol–water partition coefficient (Wildman–Crippen LogP) is 5.45. The van der Waals surface area contributed by atoms with Crippen molar-refractivity contribution in [1.82, 2.24) is 10.3 Å². The van der Waals surface area contributed by atoms with Crippen LogP contribution in [0, 0.1) is 0 Å². The molecule has 2 aromatic carbocycles. The number of carbonyl (C=O) groups is 2. The highest BCUT2D eigenvalue weighted by molar-refractivity contribution is 6.35. The third-order valence-electron chi connectivity index (χ3n) is 4.06. The average molecular weight is 428 g/mol. The molecule has 0 fully saturated rings. The zero-order valence-corrected chi connectivity index (χ0v) is 17.4. The summed E-state index contributed by atoms with van der Waals surface area (Å²) in [5.41, 5.74) is 2.62. The molecule has 3 aromatic rings. The van der Waals surface area contributed by atoms with Gasteiger partial charge in [-0.25, -0.2) is 0 Å². The van der Waals surface area contributed by atoms with Gasteiger partial charge in [0.25, 0.3) is 11.8 Å². The maximum Gasteiger partial charge on any atom is 0.257 e. The second kappa shape index (κ2) is 9.07. The van der Waals surface area contributed by atoms with Crippen molar-refractivity contribution in [3.8, 4) is 11.3 Å². The lowest BCUT2D eigenvalue weighted by atomic mass is 10.1. The Morgan fingerprint density at radius 3 is 2.38 bits per heavy atom. The van der Waals surface area contributed by atoms with Crippen molar-refractivity contribution >= 4 is 40.7 Å². The van der Waals surface area contributed by atoms with Crippen molar-refractivity contribution in [3.63, 3.8) is 0 Å². The van der Waals surface area contributed by atoms with E-state index in [1.165, 1.54) is 12.1 Å². The van der Waals surface area contributed by atoms with Gasteiger partial charge in [-0.3, -0.25) is 14.6 Å². The Kier molecular flexibility index (Phi) is 6.52. The molecule has 148 valence electrons. The van der Waals surface area contributed by atoms with E-state index in [1.54, 1.807) is 30.5 Å². The van der Waals surface area contributed by atoms with Crippen LogP contribution in [0.3, 0.4) is 0 Å². The van der Waals surface area contributed by atoms with Gasteiger partial charge in [-0.15, -0.1) is 0 Å². The van der Waals surface area contributed by atoms with E-state index in [-0.39, 0.29) is 28.4 Å². The lowest BCUT2D eigenvalue weighted by Crippen LogP contribution is -2.30. The zero-order valence-electron chi connectivity index (χ0n) is 15.9. The summed E-state index contributed by atoms with van der Waals surface area (Å²) < 4.78 is 0. The fourth-order valence-electron chi connectivity index (χ4n) is 2.71. The third-order valence-corrected chi connectivity index (χ3v) is 4.70. The number of hydrogen-bond donors (Lipinski definition) is 2. The molecule has 29 heavy (non-hydrogen) atoms. The molecule has 3 rings (SSSR count). The van der Waals surface area contributed by atoms with E-state index in [4.69, 9.17) is 23.2 Å². The van der Waals surface area contributed by atoms with Gasteiger partial charge in [0.15, 0.2) is 0 Å². The van der Waals surface area contributed by atoms with Gasteiger partial charge in [0, 0.05) is 29.1 Å². The molecule has 0 atom stereocenters. The highest BCUT2D eigenvalue weighted by Crippen LogP contribution is 2.29. The Hall–Kier alpha value is -2.89. The van der Waals surface area contributed by atoms with Gasteiger partial charge in [-0.05, 0) is 62.4 Å². The van der Waals surface area contributed by atoms with Crippen molar-refractivity contribution < 1.29 is 9.59 Å². The number of amides is 2. The minimum Gasteiger partial charge on any atom is -0.350 e. The third kappa shape index (κ3) is 5.13. The SMILES string of the molecule is CC(C)NC(=O)c1ccc(C(=O)Nc2ccc(Cl)c(-c3ccccn3)c2)c(Cl)c1. The molecular formula is C22H19Cl2N3O2. The molecule has 1 heterocycles. The lowest BCUT2D eigenvalue weighted by molar-refractivity contribution is 0.0941. The van der Waals surface area contributed by atoms with Crippen molar-refractivity contribution in [2.45, 2.75) is 19.9 Å². The Morgan fingerprint density at radius 1 is 0.931 bits per heavy atom. The van der Waals surface area contributed by atoms with Crippen LogP contribution in [0.1, 0.15) is 34.6 Å². The topological polar surface area (TPSA) is 71.1 Å². The van der Waals surface area contributed by atoms with Crippen molar-refractivity contribution in [2.24, 2.45) is 0 Å². The molecule has 0 aliphatic heterocycles. The molecule has 0 spiro atoms. The second-order valence-electron chi connectivity index (χ2n) is 6.69. The number of nitrogens with one attached hydrogen (secondary N) is 2. The minimum atomic E-state index is -0.389. The zero-order chi connectivity index (χ0) is 21.0. The standard InChI is InChI=1S/C22H19Cl2N3O2/c1-13(2)26-21(28)14-6-8-16(19(24)11-14)22(29)27-15-7-9-18(23)17(12-15)20-5-3-4-10-25-20/h3-13H,1-2H3,(H,26,28)(H,27,29). The number of benzene rings is 2. The summed E-state index contributed by atoms with van der Waals surface area (Å²) in [4.78, 5) is 29.1. The molecule has 7 heteroatoms. The summed E-state index contributed by atoms with van der Waals surface area (Å²) in [6.45, 7) is 3.74. The largest absolute Gasteiger partial charge is 0.350 e. The van der Waals surface area contributed by atoms with E-state index in [9.17, 15) is 9.59 Å². The number of rotatable bonds is 5. The molecule has 1 aromatic heterocycles. The summed E-state index contributed by atoms with van der Waals surface area (Å²) in [6, 6.07) is 15.2. The highest BCUT2D eigenvalue weighted by Gasteiger charge is 2.15. The van der Waals surface area contributed by atoms with E-state index in [1.807, 2.05) is 32.0 Å². The van der Waals surface area contributed by atoms with Gasteiger partial charge in [-0.1, -0.05) is 29.3 Å². The Labute approximate surface area is 179 Å². The molecule has 0 saturated carbocycles. The number of hydrogen-bond acceptors (Lipinski definition) is 3. The number of pyridine rings is 1. The first-order valence-corrected chi connectivity index (χ1v) is 9.73. The van der Waals surface area contributed by atoms with Crippen LogP contribution in [0.2, 0.25) is 10.0 Å². The number of nitrogens with zero attached hydrogens (tertiary/aromatic N) is 1. The molecule has 0 radical (unpaired) electrons. The van der Waals surface area contributed by atoms with Gasteiger partial charge in [0.2, 0.25) is 0 Å². The van der Waals surface area contributed by atoms with E-state index in [0.29, 0.717) is 27.5 Å². The summed E-state index contributed by atoms with van der Waals surface area (Å²) >= 11 is 12.5. The number of halogens is 2. The molecule has 0 unspecified atom stereocenters. The van der Waals surface area contributed by atoms with Gasteiger partial charge >= 0.3 is 0 Å². The Bertz CT molecular complexity index is 1050. The van der Waals surface area contributed by atoms with Crippen molar-refractivity contribution in [2.75, 3.05) is 5.32 Å². The van der Waals surface area contributed by atoms with Crippen LogP contribution in [0.15, 0.2) is 60.8 Å². The van der Waals surface area contributed by atoms with Gasteiger partial charge in [0.1, 0.15) is 0 Å². The smallest absolute Gasteiger partial charge is 0.257 e. The van der Waals surface area contributed by atoms with Crippen LogP contribution >= 0.6 is 23.2 Å². The molecule has 0 bridgehead atoms. The van der Waals surface area contributed by atoms with E-state index in [2.05, 4.69) is 15.6 Å². The molecule has 5 nitrogen and oxygen atoms in total. The Morgan fingerprint density at radius 2 is 1.72 bits per heavy atom. The van der Waals surface area contributed by atoms with Crippen LogP contribution in [0.5, 0.6) is 0 Å². The van der Waals surface area contributed by atoms with E-state index >= 15 is 0 Å². The second-order valence-corrected chi connectivity index (χ2v) is 7.50. The van der Waals surface area contributed by atoms with Crippen LogP contribution in [-0.4, -0.2) is 22.8 Å². The quantitative estimate of drug-likeness (QED) is 0.568. The maximum absolute atomic E-state index is 12.7. The highest BCUT2D eigenvalue weighted by atomic mass is 35.5.